The van der Waals surface area contributed by atoms with E-state index < -0.39 is 11.9 Å². The molecule has 152 valence electrons. The number of ether oxygens (including phenoxy) is 1. The second-order valence-corrected chi connectivity index (χ2v) is 6.68. The fourth-order valence-electron chi connectivity index (χ4n) is 3.12. The fraction of sp³-hybridized carbons (Fsp3) is 0.500. The first kappa shape index (κ1) is 19.8. The van der Waals surface area contributed by atoms with E-state index in [1.807, 2.05) is 0 Å². The van der Waals surface area contributed by atoms with Crippen molar-refractivity contribution in [2.45, 2.75) is 44.6 Å². The molecule has 0 aromatic carbocycles. The minimum absolute atomic E-state index is 0.137. The van der Waals surface area contributed by atoms with Gasteiger partial charge in [-0.25, -0.2) is 23.2 Å². The molecule has 8 nitrogen and oxygen atoms in total. The summed E-state index contributed by atoms with van der Waals surface area (Å²) in [6.07, 6.45) is 1.94. The number of nitrogen functional groups attached to an aromatic ring is 1. The number of esters is 1. The highest BCUT2D eigenvalue weighted by Crippen LogP contribution is 2.36. The van der Waals surface area contributed by atoms with E-state index in [1.54, 1.807) is 26.2 Å². The van der Waals surface area contributed by atoms with Crippen molar-refractivity contribution in [3.05, 3.63) is 24.0 Å². The van der Waals surface area contributed by atoms with Crippen molar-refractivity contribution in [3.63, 3.8) is 0 Å². The second-order valence-electron chi connectivity index (χ2n) is 6.68. The molecule has 4 N–H and O–H groups in total. The summed E-state index contributed by atoms with van der Waals surface area (Å²) in [6, 6.07) is 3.09. The molecule has 0 radical (unpaired) electrons. The SMILES string of the molecule is CCOC(=O)c1ccn(-c2cc(NC)c(N)c(NC3CCC(F)(F)CC3)n2)n1. The number of hydrogen-bond donors (Lipinski definition) is 3. The van der Waals surface area contributed by atoms with Crippen LogP contribution in [0.2, 0.25) is 0 Å². The molecule has 0 bridgehead atoms. The molecule has 1 aliphatic rings. The normalized spacial score (nSPS) is 16.6. The zero-order valence-corrected chi connectivity index (χ0v) is 15.8. The number of hydrogen-bond acceptors (Lipinski definition) is 7. The molecule has 0 amide bonds. The van der Waals surface area contributed by atoms with Gasteiger partial charge in [0.25, 0.3) is 0 Å². The summed E-state index contributed by atoms with van der Waals surface area (Å²) in [4.78, 5) is 16.3. The third kappa shape index (κ3) is 4.32. The number of rotatable bonds is 6. The molecular formula is C18H24F2N6O2. The van der Waals surface area contributed by atoms with Crippen LogP contribution in [0.5, 0.6) is 0 Å². The number of anilines is 3. The van der Waals surface area contributed by atoms with Crippen molar-refractivity contribution in [1.82, 2.24) is 14.8 Å². The maximum Gasteiger partial charge on any atom is 0.358 e. The number of nitrogens with two attached hydrogens (primary N) is 1. The van der Waals surface area contributed by atoms with E-state index in [9.17, 15) is 13.6 Å². The van der Waals surface area contributed by atoms with Crippen LogP contribution in [0.25, 0.3) is 5.82 Å². The smallest absolute Gasteiger partial charge is 0.358 e. The van der Waals surface area contributed by atoms with Gasteiger partial charge in [0.2, 0.25) is 5.92 Å². The van der Waals surface area contributed by atoms with Crippen LogP contribution in [0.4, 0.5) is 26.0 Å². The van der Waals surface area contributed by atoms with Gasteiger partial charge in [-0.05, 0) is 25.8 Å². The van der Waals surface area contributed by atoms with Gasteiger partial charge in [0.05, 0.1) is 18.0 Å². The molecule has 10 heteroatoms. The van der Waals surface area contributed by atoms with Crippen LogP contribution in [-0.4, -0.2) is 46.4 Å². The Kier molecular flexibility index (Phi) is 5.66. The van der Waals surface area contributed by atoms with Gasteiger partial charge in [0, 0.05) is 38.2 Å². The van der Waals surface area contributed by atoms with E-state index in [4.69, 9.17) is 10.5 Å². The summed E-state index contributed by atoms with van der Waals surface area (Å²) >= 11 is 0. The van der Waals surface area contributed by atoms with Crippen LogP contribution in [-0.2, 0) is 4.74 Å². The van der Waals surface area contributed by atoms with E-state index in [1.165, 1.54) is 10.7 Å². The molecule has 2 heterocycles. The quantitative estimate of drug-likeness (QED) is 0.647. The first-order valence-electron chi connectivity index (χ1n) is 9.18. The maximum absolute atomic E-state index is 13.4. The molecule has 0 unspecified atom stereocenters. The Morgan fingerprint density at radius 2 is 2.14 bits per heavy atom. The Morgan fingerprint density at radius 1 is 1.43 bits per heavy atom. The number of halogens is 2. The summed E-state index contributed by atoms with van der Waals surface area (Å²) in [5, 5.41) is 10.4. The number of carbonyl (C=O) groups is 1. The van der Waals surface area contributed by atoms with Crippen molar-refractivity contribution < 1.29 is 18.3 Å². The number of nitrogens with zero attached hydrogens (tertiary/aromatic N) is 3. The minimum atomic E-state index is -2.60. The van der Waals surface area contributed by atoms with Gasteiger partial charge in [-0.15, -0.1) is 0 Å². The Balaban J connectivity index is 1.85. The molecule has 0 atom stereocenters. The van der Waals surface area contributed by atoms with E-state index in [0.717, 1.165) is 0 Å². The van der Waals surface area contributed by atoms with Crippen molar-refractivity contribution in [1.29, 1.82) is 0 Å². The van der Waals surface area contributed by atoms with Crippen LogP contribution < -0.4 is 16.4 Å². The van der Waals surface area contributed by atoms with Gasteiger partial charge in [0.15, 0.2) is 17.3 Å². The number of nitrogens with one attached hydrogen (secondary N) is 2. The topological polar surface area (TPSA) is 107 Å². The van der Waals surface area contributed by atoms with Gasteiger partial charge < -0.3 is 21.1 Å². The van der Waals surface area contributed by atoms with Crippen LogP contribution in [0.3, 0.4) is 0 Å². The first-order chi connectivity index (χ1) is 13.3. The molecule has 2 aromatic heterocycles. The zero-order chi connectivity index (χ0) is 20.3. The van der Waals surface area contributed by atoms with Gasteiger partial charge in [0.1, 0.15) is 0 Å². The zero-order valence-electron chi connectivity index (χ0n) is 15.8. The second kappa shape index (κ2) is 7.99. The molecule has 0 aliphatic heterocycles. The summed E-state index contributed by atoms with van der Waals surface area (Å²) in [7, 11) is 1.72. The lowest BCUT2D eigenvalue weighted by Gasteiger charge is -2.29. The van der Waals surface area contributed by atoms with Gasteiger partial charge in [-0.3, -0.25) is 0 Å². The fourth-order valence-corrected chi connectivity index (χ4v) is 3.12. The molecule has 28 heavy (non-hydrogen) atoms. The molecule has 1 aliphatic carbocycles. The summed E-state index contributed by atoms with van der Waals surface area (Å²) in [5.74, 6) is -2.30. The van der Waals surface area contributed by atoms with Crippen molar-refractivity contribution in [3.8, 4) is 5.82 Å². The summed E-state index contributed by atoms with van der Waals surface area (Å²) in [5.41, 5.74) is 7.33. The van der Waals surface area contributed by atoms with Gasteiger partial charge in [-0.2, -0.15) is 5.10 Å². The van der Waals surface area contributed by atoms with Crippen LogP contribution in [0.15, 0.2) is 18.3 Å². The van der Waals surface area contributed by atoms with Crippen LogP contribution in [0.1, 0.15) is 43.1 Å². The molecule has 2 aromatic rings. The Hall–Kier alpha value is -2.91. The molecule has 1 fully saturated rings. The molecule has 0 saturated heterocycles. The largest absolute Gasteiger partial charge is 0.461 e. The van der Waals surface area contributed by atoms with Crippen molar-refractivity contribution >= 4 is 23.2 Å². The third-order valence-electron chi connectivity index (χ3n) is 4.68. The van der Waals surface area contributed by atoms with Crippen molar-refractivity contribution in [2.24, 2.45) is 0 Å². The lowest BCUT2D eigenvalue weighted by molar-refractivity contribution is -0.0361. The molecular weight excluding hydrogens is 370 g/mol. The maximum atomic E-state index is 13.4. The summed E-state index contributed by atoms with van der Waals surface area (Å²) in [6.45, 7) is 1.97. The number of carbonyl (C=O) groups excluding carboxylic acids is 1. The molecule has 0 spiro atoms. The van der Waals surface area contributed by atoms with Gasteiger partial charge in [-0.1, -0.05) is 0 Å². The minimum Gasteiger partial charge on any atom is -0.461 e. The molecule has 3 rings (SSSR count). The average molecular weight is 394 g/mol. The van der Waals surface area contributed by atoms with Gasteiger partial charge >= 0.3 is 5.97 Å². The highest BCUT2D eigenvalue weighted by molar-refractivity contribution is 5.87. The Morgan fingerprint density at radius 3 is 2.79 bits per heavy atom. The number of alkyl halides is 2. The molecule has 1 saturated carbocycles. The first-order valence-corrected chi connectivity index (χ1v) is 9.18. The standard InChI is InChI=1S/C18H24F2N6O2/c1-3-28-17(27)12-6-9-26(25-12)14-10-13(22-2)15(21)16(24-14)23-11-4-7-18(19,20)8-5-11/h6,9-11H,3-5,7-8,21H2,1-2H3,(H2,22,23,24). The number of pyridine rings is 1. The van der Waals surface area contributed by atoms with Crippen LogP contribution in [0, 0.1) is 0 Å². The highest BCUT2D eigenvalue weighted by atomic mass is 19.3. The van der Waals surface area contributed by atoms with Crippen LogP contribution >= 0.6 is 0 Å². The predicted molar refractivity (Wildman–Crippen MR) is 102 cm³/mol. The van der Waals surface area contributed by atoms with E-state index in [0.29, 0.717) is 35.9 Å². The average Bonchev–Trinajstić information content (AvgIpc) is 3.15. The lowest BCUT2D eigenvalue weighted by atomic mass is 9.92. The Bertz CT molecular complexity index is 845. The van der Waals surface area contributed by atoms with E-state index in [2.05, 4.69) is 20.7 Å². The monoisotopic (exact) mass is 394 g/mol. The Labute approximate surface area is 161 Å². The number of aromatic nitrogens is 3. The van der Waals surface area contributed by atoms with E-state index >= 15 is 0 Å². The highest BCUT2D eigenvalue weighted by Gasteiger charge is 2.35. The summed E-state index contributed by atoms with van der Waals surface area (Å²) < 4.78 is 33.2. The third-order valence-corrected chi connectivity index (χ3v) is 4.68. The van der Waals surface area contributed by atoms with E-state index in [-0.39, 0.29) is 31.2 Å². The predicted octanol–water partition coefficient (Wildman–Crippen LogP) is 3.06. The van der Waals surface area contributed by atoms with Crippen molar-refractivity contribution in [2.75, 3.05) is 30.0 Å². The lowest BCUT2D eigenvalue weighted by Crippen LogP contribution is -2.32.